The molecule has 1 aromatic rings. The number of hydrogen-bond acceptors (Lipinski definition) is 3. The zero-order valence-corrected chi connectivity index (χ0v) is 16.1. The zero-order chi connectivity index (χ0) is 18.2. The fourth-order valence-corrected chi connectivity index (χ4v) is 4.43. The molecule has 0 bridgehead atoms. The molecule has 1 aromatic carbocycles. The van der Waals surface area contributed by atoms with Gasteiger partial charge in [-0.05, 0) is 62.5 Å². The van der Waals surface area contributed by atoms with Crippen molar-refractivity contribution in [3.05, 3.63) is 29.3 Å². The molecule has 2 atom stereocenters. The Morgan fingerprint density at radius 1 is 1.23 bits per heavy atom. The Morgan fingerprint density at radius 2 is 2.08 bits per heavy atom. The minimum Gasteiger partial charge on any atom is -0.489 e. The SMILES string of the molecule is CC(NCC1CCc2cccc(CCCNC=O)c2O1)C1CCCCC1. The van der Waals surface area contributed by atoms with Crippen LogP contribution < -0.4 is 15.4 Å². The van der Waals surface area contributed by atoms with Crippen molar-refractivity contribution in [3.8, 4) is 5.75 Å². The molecule has 1 fully saturated rings. The van der Waals surface area contributed by atoms with Crippen LogP contribution in [-0.4, -0.2) is 31.6 Å². The molecular weight excluding hydrogens is 324 g/mol. The molecule has 1 saturated carbocycles. The first kappa shape index (κ1) is 19.2. The van der Waals surface area contributed by atoms with Gasteiger partial charge in [-0.2, -0.15) is 0 Å². The highest BCUT2D eigenvalue weighted by Crippen LogP contribution is 2.32. The molecule has 2 N–H and O–H groups in total. The van der Waals surface area contributed by atoms with Gasteiger partial charge in [-0.15, -0.1) is 0 Å². The van der Waals surface area contributed by atoms with Gasteiger partial charge >= 0.3 is 0 Å². The molecule has 1 aliphatic heterocycles. The maximum Gasteiger partial charge on any atom is 0.207 e. The summed E-state index contributed by atoms with van der Waals surface area (Å²) < 4.78 is 6.41. The van der Waals surface area contributed by atoms with Crippen LogP contribution in [0.3, 0.4) is 0 Å². The highest BCUT2D eigenvalue weighted by atomic mass is 16.5. The summed E-state index contributed by atoms with van der Waals surface area (Å²) in [5.41, 5.74) is 2.61. The van der Waals surface area contributed by atoms with Crippen LogP contribution in [0.2, 0.25) is 0 Å². The average Bonchev–Trinajstić information content (AvgIpc) is 2.70. The molecular formula is C22H34N2O2. The third kappa shape index (κ3) is 5.23. The number of hydrogen-bond donors (Lipinski definition) is 2. The van der Waals surface area contributed by atoms with Crippen LogP contribution in [0.15, 0.2) is 18.2 Å². The molecule has 2 aliphatic rings. The molecule has 1 amide bonds. The first-order valence-electron chi connectivity index (χ1n) is 10.5. The number of amides is 1. The summed E-state index contributed by atoms with van der Waals surface area (Å²) in [4.78, 5) is 10.4. The summed E-state index contributed by atoms with van der Waals surface area (Å²) in [6.07, 6.45) is 12.1. The van der Waals surface area contributed by atoms with Crippen molar-refractivity contribution < 1.29 is 9.53 Å². The number of aryl methyl sites for hydroxylation is 2. The van der Waals surface area contributed by atoms with Gasteiger partial charge in [0.2, 0.25) is 6.41 Å². The predicted octanol–water partition coefficient (Wildman–Crippen LogP) is 3.62. The van der Waals surface area contributed by atoms with Crippen molar-refractivity contribution in [3.63, 3.8) is 0 Å². The molecule has 0 radical (unpaired) electrons. The van der Waals surface area contributed by atoms with Crippen LogP contribution in [-0.2, 0) is 17.6 Å². The summed E-state index contributed by atoms with van der Waals surface area (Å²) in [5.74, 6) is 1.93. The Labute approximate surface area is 158 Å². The van der Waals surface area contributed by atoms with Gasteiger partial charge in [0.1, 0.15) is 11.9 Å². The van der Waals surface area contributed by atoms with Crippen molar-refractivity contribution in [1.82, 2.24) is 10.6 Å². The lowest BCUT2D eigenvalue weighted by Gasteiger charge is -2.32. The Hall–Kier alpha value is -1.55. The molecule has 3 rings (SSSR count). The van der Waals surface area contributed by atoms with E-state index in [1.165, 1.54) is 43.2 Å². The molecule has 1 heterocycles. The van der Waals surface area contributed by atoms with Gasteiger partial charge in [0, 0.05) is 19.1 Å². The molecule has 0 saturated heterocycles. The summed E-state index contributed by atoms with van der Waals surface area (Å²) in [5, 5.41) is 6.50. The van der Waals surface area contributed by atoms with E-state index in [9.17, 15) is 4.79 Å². The third-order valence-corrected chi connectivity index (χ3v) is 6.07. The summed E-state index contributed by atoms with van der Waals surface area (Å²) >= 11 is 0. The van der Waals surface area contributed by atoms with E-state index in [1.54, 1.807) is 0 Å². The first-order chi connectivity index (χ1) is 12.8. The van der Waals surface area contributed by atoms with E-state index in [0.29, 0.717) is 6.04 Å². The van der Waals surface area contributed by atoms with Gasteiger partial charge in [-0.3, -0.25) is 4.79 Å². The maximum atomic E-state index is 10.4. The predicted molar refractivity (Wildman–Crippen MR) is 106 cm³/mol. The van der Waals surface area contributed by atoms with E-state index < -0.39 is 0 Å². The average molecular weight is 359 g/mol. The molecule has 0 spiro atoms. The van der Waals surface area contributed by atoms with Gasteiger partial charge < -0.3 is 15.4 Å². The third-order valence-electron chi connectivity index (χ3n) is 6.07. The number of carbonyl (C=O) groups is 1. The standard InChI is InChI=1S/C22H34N2O2/c1-17(18-7-3-2-4-8-18)24-15-21-13-12-20-10-5-9-19(22(20)26-21)11-6-14-23-16-25/h5,9-10,16-18,21,24H,2-4,6-8,11-15H2,1H3,(H,23,25). The molecule has 4 heteroatoms. The maximum absolute atomic E-state index is 10.4. The van der Waals surface area contributed by atoms with Crippen LogP contribution in [0.1, 0.15) is 63.0 Å². The number of para-hydroxylation sites is 1. The lowest BCUT2D eigenvalue weighted by molar-refractivity contribution is -0.109. The number of fused-ring (bicyclic) bond motifs is 1. The first-order valence-corrected chi connectivity index (χ1v) is 10.5. The van der Waals surface area contributed by atoms with Crippen LogP contribution in [0.4, 0.5) is 0 Å². The smallest absolute Gasteiger partial charge is 0.207 e. The van der Waals surface area contributed by atoms with E-state index in [0.717, 1.165) is 56.9 Å². The lowest BCUT2D eigenvalue weighted by atomic mass is 9.84. The van der Waals surface area contributed by atoms with Crippen molar-refractivity contribution in [1.29, 1.82) is 0 Å². The molecule has 144 valence electrons. The van der Waals surface area contributed by atoms with Crippen molar-refractivity contribution in [2.75, 3.05) is 13.1 Å². The molecule has 0 aromatic heterocycles. The number of ether oxygens (including phenoxy) is 1. The topological polar surface area (TPSA) is 50.4 Å². The van der Waals surface area contributed by atoms with Gasteiger partial charge in [0.15, 0.2) is 0 Å². The highest BCUT2D eigenvalue weighted by Gasteiger charge is 2.24. The van der Waals surface area contributed by atoms with Gasteiger partial charge in [-0.1, -0.05) is 37.5 Å². The summed E-state index contributed by atoms with van der Waals surface area (Å²) in [6.45, 7) is 4.01. The van der Waals surface area contributed by atoms with E-state index in [2.05, 4.69) is 35.8 Å². The fourth-order valence-electron chi connectivity index (χ4n) is 4.43. The quantitative estimate of drug-likeness (QED) is 0.524. The Balaban J connectivity index is 1.51. The second kappa shape index (κ2) is 9.96. The largest absolute Gasteiger partial charge is 0.489 e. The summed E-state index contributed by atoms with van der Waals surface area (Å²) in [6, 6.07) is 7.08. The second-order valence-electron chi connectivity index (χ2n) is 7.95. The molecule has 26 heavy (non-hydrogen) atoms. The zero-order valence-electron chi connectivity index (χ0n) is 16.1. The number of nitrogens with one attached hydrogen (secondary N) is 2. The normalized spacial score (nSPS) is 21.5. The van der Waals surface area contributed by atoms with Crippen molar-refractivity contribution >= 4 is 6.41 Å². The van der Waals surface area contributed by atoms with Gasteiger partial charge in [0.25, 0.3) is 0 Å². The lowest BCUT2D eigenvalue weighted by Crippen LogP contribution is -2.42. The fraction of sp³-hybridized carbons (Fsp3) is 0.682. The second-order valence-corrected chi connectivity index (χ2v) is 7.95. The molecule has 4 nitrogen and oxygen atoms in total. The van der Waals surface area contributed by atoms with E-state index in [4.69, 9.17) is 4.74 Å². The Morgan fingerprint density at radius 3 is 2.88 bits per heavy atom. The van der Waals surface area contributed by atoms with E-state index in [-0.39, 0.29) is 6.10 Å². The number of carbonyl (C=O) groups excluding carboxylic acids is 1. The van der Waals surface area contributed by atoms with Crippen molar-refractivity contribution in [2.24, 2.45) is 5.92 Å². The van der Waals surface area contributed by atoms with E-state index >= 15 is 0 Å². The van der Waals surface area contributed by atoms with Crippen LogP contribution in [0.25, 0.3) is 0 Å². The van der Waals surface area contributed by atoms with Gasteiger partial charge in [-0.25, -0.2) is 0 Å². The summed E-state index contributed by atoms with van der Waals surface area (Å²) in [7, 11) is 0. The number of rotatable bonds is 9. The highest BCUT2D eigenvalue weighted by molar-refractivity contribution is 5.46. The van der Waals surface area contributed by atoms with E-state index in [1.807, 2.05) is 0 Å². The van der Waals surface area contributed by atoms with Crippen LogP contribution in [0, 0.1) is 5.92 Å². The molecule has 1 aliphatic carbocycles. The van der Waals surface area contributed by atoms with Crippen LogP contribution in [0.5, 0.6) is 5.75 Å². The Bertz CT molecular complexity index is 569. The van der Waals surface area contributed by atoms with Crippen molar-refractivity contribution in [2.45, 2.75) is 76.9 Å². The number of benzene rings is 1. The monoisotopic (exact) mass is 358 g/mol. The van der Waals surface area contributed by atoms with Crippen LogP contribution >= 0.6 is 0 Å². The minimum atomic E-state index is 0.266. The minimum absolute atomic E-state index is 0.266. The Kier molecular flexibility index (Phi) is 7.36. The molecule has 2 unspecified atom stereocenters. The van der Waals surface area contributed by atoms with Gasteiger partial charge in [0.05, 0.1) is 0 Å².